The number of methoxy groups -OCH3 is 1. The molecule has 0 amide bonds. The molecule has 6 aromatic carbocycles. The standard InChI is InChI=1S/C50H38N12O18S4/c1-24-14-36(41(80-2)23-35(24)59-61-38-21-32(82(71,72)73)15-25-16-33(83(74,75)76)22-40(64)43(25)38)60-62-45-42(84(77,78)79)18-26-17-31(81(68,69)70)20-37(44(26)46(45)65)53-50-55-48(51-27-6-4-3-5-7-27)54-49(56-50)52-28-8-10-29(11-9-28)57-58-30-12-13-39(63)34(19-30)47(66)67/h3-23,57,60,64H,1-2H3,(H,66,67)(H,68,69,70)(H,71,72,73)(H,74,75,76)(H,77,78,79)(H3,51,52,53,54,55,56). The van der Waals surface area contributed by atoms with Crippen LogP contribution in [0.2, 0.25) is 0 Å². The maximum absolute atomic E-state index is 14.7. The Hall–Kier alpha value is -10.2. The van der Waals surface area contributed by atoms with Gasteiger partial charge in [0.05, 0.1) is 66.9 Å². The Morgan fingerprint density at radius 3 is 1.76 bits per heavy atom. The highest BCUT2D eigenvalue weighted by molar-refractivity contribution is 7.91. The zero-order valence-electron chi connectivity index (χ0n) is 42.5. The number of rotatable bonds is 18. The summed E-state index contributed by atoms with van der Waals surface area (Å²) < 4.78 is 145. The third-order valence-electron chi connectivity index (χ3n) is 11.9. The molecule has 30 nitrogen and oxygen atoms in total. The number of hydrogen-bond donors (Lipinski definition) is 11. The van der Waals surface area contributed by atoms with Crippen LogP contribution < -0.4 is 31.5 Å². The summed E-state index contributed by atoms with van der Waals surface area (Å²) in [7, 11) is -19.2. The molecule has 0 fully saturated rings. The summed E-state index contributed by atoms with van der Waals surface area (Å²) in [4.78, 5) is 47.7. The van der Waals surface area contributed by atoms with Crippen LogP contribution in [-0.4, -0.2) is 113 Å². The molecule has 1 heterocycles. The van der Waals surface area contributed by atoms with Crippen LogP contribution in [0.5, 0.6) is 11.5 Å². The number of carboxylic acids is 1. The van der Waals surface area contributed by atoms with Crippen molar-refractivity contribution in [1.82, 2.24) is 15.0 Å². The molecule has 7 aromatic rings. The number of phenols is 1. The molecule has 0 saturated carbocycles. The second kappa shape index (κ2) is 22.6. The molecule has 0 unspecified atom stereocenters. The van der Waals surface area contributed by atoms with E-state index in [0.29, 0.717) is 29.2 Å². The number of aromatic hydroxyl groups is 1. The molecule has 34 heteroatoms. The van der Waals surface area contributed by atoms with E-state index in [9.17, 15) is 76.5 Å². The van der Waals surface area contributed by atoms with Crippen LogP contribution in [0.25, 0.3) is 16.8 Å². The molecule has 430 valence electrons. The molecular weight excluding hydrogens is 1180 g/mol. The number of azo groups is 1. The number of aliphatic carboxylic acids is 1. The molecule has 2 aliphatic rings. The van der Waals surface area contributed by atoms with Gasteiger partial charge in [0.1, 0.15) is 22.0 Å². The molecule has 0 radical (unpaired) electrons. The number of carboxylic acid groups (broad SMARTS) is 1. The first kappa shape index (κ1) is 58.5. The van der Waals surface area contributed by atoms with E-state index in [-0.39, 0.29) is 57.0 Å². The number of nitrogens with zero attached hydrogens (tertiary/aromatic N) is 7. The fourth-order valence-corrected chi connectivity index (χ4v) is 10.3. The van der Waals surface area contributed by atoms with Crippen molar-refractivity contribution in [2.45, 2.75) is 21.6 Å². The van der Waals surface area contributed by atoms with Crippen molar-refractivity contribution in [1.29, 1.82) is 0 Å². The number of Topliss-reactive ketones (excluding diaryl/α,β-unsaturated/α-hetero) is 1. The number of anilines is 8. The van der Waals surface area contributed by atoms with Crippen LogP contribution in [0.3, 0.4) is 0 Å². The smallest absolute Gasteiger partial charge is 0.339 e. The Morgan fingerprint density at radius 1 is 0.595 bits per heavy atom. The number of carbonyl (C=O) groups excluding carboxylic acids is 2. The highest BCUT2D eigenvalue weighted by Crippen LogP contribution is 2.41. The summed E-state index contributed by atoms with van der Waals surface area (Å²) in [5.74, 6) is -4.94. The lowest BCUT2D eigenvalue weighted by Gasteiger charge is -2.21. The fraction of sp³-hybridized carbons (Fsp3) is 0.0400. The van der Waals surface area contributed by atoms with E-state index in [1.807, 2.05) is 0 Å². The second-order valence-corrected chi connectivity index (χ2v) is 23.3. The average Bonchev–Trinajstić information content (AvgIpc) is 2.52. The van der Waals surface area contributed by atoms with Gasteiger partial charge in [0.15, 0.2) is 11.5 Å². The zero-order chi connectivity index (χ0) is 60.6. The molecular formula is C50H38N12O18S4. The summed E-state index contributed by atoms with van der Waals surface area (Å²) in [5.41, 5.74) is 3.58. The van der Waals surface area contributed by atoms with E-state index in [4.69, 9.17) is 4.74 Å². The quantitative estimate of drug-likeness (QED) is 0.0132. The number of aromatic nitrogens is 3. The van der Waals surface area contributed by atoms with Gasteiger partial charge in [0.25, 0.3) is 40.5 Å². The number of ketones is 2. The van der Waals surface area contributed by atoms with Crippen LogP contribution in [0, 0.1) is 6.92 Å². The van der Waals surface area contributed by atoms with Crippen molar-refractivity contribution >= 4 is 144 Å². The Labute approximate surface area is 473 Å². The maximum Gasteiger partial charge on any atom is 0.339 e. The number of hydrogen-bond acceptors (Lipinski definition) is 25. The minimum absolute atomic E-state index is 0.0156. The molecule has 1 aromatic heterocycles. The Bertz CT molecular complexity index is 4650. The molecule has 0 aliphatic heterocycles. The minimum atomic E-state index is -5.40. The highest BCUT2D eigenvalue weighted by atomic mass is 32.2. The highest BCUT2D eigenvalue weighted by Gasteiger charge is 2.36. The number of hydrazone groups is 2. The molecule has 0 bridgehead atoms. The van der Waals surface area contributed by atoms with Crippen molar-refractivity contribution in [2.24, 2.45) is 20.4 Å². The van der Waals surface area contributed by atoms with E-state index in [2.05, 4.69) is 62.2 Å². The second-order valence-electron chi connectivity index (χ2n) is 17.6. The lowest BCUT2D eigenvalue weighted by molar-refractivity contribution is -0.134. The number of ether oxygens (including phenoxy) is 1. The van der Waals surface area contributed by atoms with E-state index in [1.54, 1.807) is 54.6 Å². The summed E-state index contributed by atoms with van der Waals surface area (Å²) >= 11 is 0. The van der Waals surface area contributed by atoms with Gasteiger partial charge in [-0.3, -0.25) is 38.7 Å². The van der Waals surface area contributed by atoms with Crippen LogP contribution in [0.1, 0.15) is 21.5 Å². The first-order chi connectivity index (χ1) is 39.5. The first-order valence-corrected chi connectivity index (χ1v) is 29.1. The minimum Gasteiger partial charge on any atom is -0.507 e. The Morgan fingerprint density at radius 2 is 1.17 bits per heavy atom. The number of phenolic OH excluding ortho intramolecular Hbond substituents is 1. The van der Waals surface area contributed by atoms with E-state index in [1.165, 1.54) is 32.2 Å². The third-order valence-corrected chi connectivity index (χ3v) is 15.2. The molecule has 2 aliphatic carbocycles. The van der Waals surface area contributed by atoms with E-state index in [0.717, 1.165) is 42.5 Å². The lowest BCUT2D eigenvalue weighted by Crippen LogP contribution is -2.28. The predicted octanol–water partition coefficient (Wildman–Crippen LogP) is 7.24. The molecule has 0 atom stereocenters. The Kier molecular flexibility index (Phi) is 15.7. The van der Waals surface area contributed by atoms with Crippen LogP contribution in [0.4, 0.5) is 57.7 Å². The SMILES string of the molecule is COc1cc(N=Nc2cc(S(=O)(=O)O)cc3cc(S(=O)(=O)O)cc(O)c23)c(C)cc1NN=C1C(=O)c2c(cc(S(=O)(=O)O)cc2Nc2nc(Nc3ccccc3)nc(Nc3ccc(NN=C4C=CC(=O)C(C(=O)O)=C4)cc3)n2)C=C1S(=O)(=O)O. The topological polar surface area (TPSA) is 467 Å². The third kappa shape index (κ3) is 13.1. The van der Waals surface area contributed by atoms with E-state index < -0.39 is 117 Å². The molecule has 11 N–H and O–H groups in total. The van der Waals surface area contributed by atoms with Gasteiger partial charge in [-0.15, -0.1) is 5.11 Å². The van der Waals surface area contributed by atoms with Gasteiger partial charge in [-0.2, -0.15) is 63.9 Å². The average molecular weight is 1220 g/mol. The molecule has 84 heavy (non-hydrogen) atoms. The number of para-hydroxylation sites is 1. The lowest BCUT2D eigenvalue weighted by atomic mass is 9.93. The van der Waals surface area contributed by atoms with Crippen molar-refractivity contribution < 1.29 is 81.2 Å². The summed E-state index contributed by atoms with van der Waals surface area (Å²) in [6, 6.07) is 22.0. The van der Waals surface area contributed by atoms with Gasteiger partial charge in [0, 0.05) is 23.5 Å². The van der Waals surface area contributed by atoms with Crippen LogP contribution >= 0.6 is 0 Å². The number of allylic oxidation sites excluding steroid dienone is 4. The van der Waals surface area contributed by atoms with Crippen LogP contribution in [-0.2, 0) is 50.1 Å². The summed E-state index contributed by atoms with van der Waals surface area (Å²) in [6.07, 6.45) is 4.21. The van der Waals surface area contributed by atoms with Gasteiger partial charge in [0.2, 0.25) is 23.6 Å². The Balaban J connectivity index is 1.06. The molecule has 0 spiro atoms. The molecule has 9 rings (SSSR count). The van der Waals surface area contributed by atoms with Crippen molar-refractivity contribution in [3.8, 4) is 11.5 Å². The number of aryl methyl sites for hydroxylation is 1. The first-order valence-electron chi connectivity index (χ1n) is 23.4. The van der Waals surface area contributed by atoms with Crippen molar-refractivity contribution in [3.05, 3.63) is 149 Å². The van der Waals surface area contributed by atoms with E-state index >= 15 is 0 Å². The van der Waals surface area contributed by atoms with Gasteiger partial charge in [-0.05, 0) is 121 Å². The number of nitrogens with one attached hydrogen (secondary N) is 5. The van der Waals surface area contributed by atoms with Crippen molar-refractivity contribution in [3.63, 3.8) is 0 Å². The van der Waals surface area contributed by atoms with Gasteiger partial charge >= 0.3 is 5.97 Å². The number of fused-ring (bicyclic) bond motifs is 2. The normalized spacial score (nSPS) is 14.7. The van der Waals surface area contributed by atoms with Crippen molar-refractivity contribution in [2.75, 3.05) is 33.9 Å². The fourth-order valence-electron chi connectivity index (χ4n) is 8.01. The maximum atomic E-state index is 14.7. The number of carbonyl (C=O) groups is 3. The van der Waals surface area contributed by atoms with Gasteiger partial charge < -0.3 is 30.9 Å². The van der Waals surface area contributed by atoms with Gasteiger partial charge in [-0.25, -0.2) is 4.79 Å². The largest absolute Gasteiger partial charge is 0.507 e. The van der Waals surface area contributed by atoms with Crippen LogP contribution in [0.15, 0.2) is 167 Å². The number of benzene rings is 6. The monoisotopic (exact) mass is 1220 g/mol. The van der Waals surface area contributed by atoms with Gasteiger partial charge in [-0.1, -0.05) is 18.2 Å². The predicted molar refractivity (Wildman–Crippen MR) is 302 cm³/mol. The summed E-state index contributed by atoms with van der Waals surface area (Å²) in [5, 5.41) is 44.6. The summed E-state index contributed by atoms with van der Waals surface area (Å²) in [6.45, 7) is 1.47. The zero-order valence-corrected chi connectivity index (χ0v) is 45.7. The molecule has 0 saturated heterocycles.